The van der Waals surface area contributed by atoms with Gasteiger partial charge in [-0.3, -0.25) is 14.9 Å². The number of likely N-dealkylation sites (N-methyl/N-ethyl adjacent to an activating group) is 1. The van der Waals surface area contributed by atoms with Crippen molar-refractivity contribution in [2.75, 3.05) is 24.7 Å². The van der Waals surface area contributed by atoms with Crippen LogP contribution in [-0.4, -0.2) is 65.8 Å². The average Bonchev–Trinajstić information content (AvgIpc) is 3.31. The Morgan fingerprint density at radius 2 is 2.16 bits per heavy atom. The van der Waals surface area contributed by atoms with Gasteiger partial charge in [0, 0.05) is 40.7 Å². The van der Waals surface area contributed by atoms with Crippen molar-refractivity contribution in [3.8, 4) is 0 Å². The Morgan fingerprint density at radius 3 is 2.72 bits per heavy atom. The van der Waals surface area contributed by atoms with E-state index >= 15 is 0 Å². The second-order valence-electron chi connectivity index (χ2n) is 7.11. The van der Waals surface area contributed by atoms with Crippen molar-refractivity contribution >= 4 is 50.5 Å². The van der Waals surface area contributed by atoms with Gasteiger partial charge in [-0.05, 0) is 26.3 Å². The highest BCUT2D eigenvalue weighted by Crippen LogP contribution is 2.34. The number of amides is 1. The number of hydrogen-bond donors (Lipinski definition) is 0. The number of sulfone groups is 1. The highest BCUT2D eigenvalue weighted by molar-refractivity contribution is 8.01. The summed E-state index contributed by atoms with van der Waals surface area (Å²) in [4.78, 5) is 42.0. The second-order valence-corrected chi connectivity index (χ2v) is 11.5. The molecule has 1 amide bonds. The van der Waals surface area contributed by atoms with Crippen LogP contribution >= 0.6 is 23.1 Å². The number of thiazole rings is 1. The summed E-state index contributed by atoms with van der Waals surface area (Å²) >= 11 is 2.54. The van der Waals surface area contributed by atoms with Crippen molar-refractivity contribution in [1.29, 1.82) is 0 Å². The van der Waals surface area contributed by atoms with Crippen LogP contribution < -0.4 is 0 Å². The van der Waals surface area contributed by atoms with Crippen molar-refractivity contribution in [2.24, 2.45) is 0 Å². The molecular weight excluding hydrogens is 478 g/mol. The minimum absolute atomic E-state index is 0.0196. The molecule has 13 heteroatoms. The Morgan fingerprint density at radius 1 is 1.41 bits per heavy atom. The Bertz CT molecular complexity index is 1150. The van der Waals surface area contributed by atoms with Crippen LogP contribution in [0.2, 0.25) is 0 Å². The van der Waals surface area contributed by atoms with E-state index in [2.05, 4.69) is 4.98 Å². The van der Waals surface area contributed by atoms with Crippen molar-refractivity contribution in [2.45, 2.75) is 35.5 Å². The summed E-state index contributed by atoms with van der Waals surface area (Å²) in [5, 5.41) is 13.0. The van der Waals surface area contributed by atoms with E-state index in [1.54, 1.807) is 6.92 Å². The van der Waals surface area contributed by atoms with E-state index in [-0.39, 0.29) is 29.3 Å². The standard InChI is InChI=1S/C19H21N3O7S3/c1-3-21(14-6-7-32(27,28)11-14)17(23)9-29-18(24)15-8-13(22(25)26)4-5-16(15)31-19-20-12(2)10-30-19/h4-5,8,10,14H,3,6-7,9,11H2,1-2H3/t14-/m0/s1. The van der Waals surface area contributed by atoms with Crippen molar-refractivity contribution in [3.05, 3.63) is 45.0 Å². The van der Waals surface area contributed by atoms with E-state index in [0.29, 0.717) is 15.7 Å². The minimum Gasteiger partial charge on any atom is -0.452 e. The van der Waals surface area contributed by atoms with Crippen molar-refractivity contribution in [1.82, 2.24) is 9.88 Å². The summed E-state index contributed by atoms with van der Waals surface area (Å²) in [5.41, 5.74) is 0.480. The molecule has 3 rings (SSSR count). The van der Waals surface area contributed by atoms with Gasteiger partial charge in [-0.2, -0.15) is 0 Å². The van der Waals surface area contributed by atoms with Crippen LogP contribution in [0.15, 0.2) is 32.8 Å². The molecule has 0 radical (unpaired) electrons. The zero-order valence-electron chi connectivity index (χ0n) is 17.3. The monoisotopic (exact) mass is 499 g/mol. The Balaban J connectivity index is 1.74. The van der Waals surface area contributed by atoms with Gasteiger partial charge in [0.25, 0.3) is 11.6 Å². The number of non-ortho nitro benzene ring substituents is 1. The minimum atomic E-state index is -3.18. The first kappa shape index (κ1) is 24.1. The van der Waals surface area contributed by atoms with Gasteiger partial charge in [0.05, 0.1) is 22.0 Å². The summed E-state index contributed by atoms with van der Waals surface area (Å²) < 4.78 is 29.3. The molecule has 2 aromatic rings. The largest absolute Gasteiger partial charge is 0.452 e. The predicted molar refractivity (Wildman–Crippen MR) is 119 cm³/mol. The molecule has 172 valence electrons. The molecule has 1 aromatic heterocycles. The first-order chi connectivity index (χ1) is 15.1. The number of ether oxygens (including phenoxy) is 1. The fourth-order valence-electron chi connectivity index (χ4n) is 3.30. The van der Waals surface area contributed by atoms with Crippen LogP contribution in [0.4, 0.5) is 5.69 Å². The quantitative estimate of drug-likeness (QED) is 0.305. The lowest BCUT2D eigenvalue weighted by molar-refractivity contribution is -0.384. The van der Waals surface area contributed by atoms with E-state index in [0.717, 1.165) is 11.8 Å². The summed E-state index contributed by atoms with van der Waals surface area (Å²) in [6.45, 7) is 3.23. The predicted octanol–water partition coefficient (Wildman–Crippen LogP) is 2.70. The van der Waals surface area contributed by atoms with Crippen LogP contribution in [0.5, 0.6) is 0 Å². The van der Waals surface area contributed by atoms with E-state index in [9.17, 15) is 28.1 Å². The zero-order chi connectivity index (χ0) is 23.5. The van der Waals surface area contributed by atoms with E-state index < -0.39 is 39.3 Å². The number of aryl methyl sites for hydroxylation is 1. The molecule has 1 atom stereocenters. The van der Waals surface area contributed by atoms with Crippen LogP contribution in [0, 0.1) is 17.0 Å². The molecule has 0 aliphatic carbocycles. The lowest BCUT2D eigenvalue weighted by Crippen LogP contribution is -2.43. The van der Waals surface area contributed by atoms with Gasteiger partial charge in [-0.25, -0.2) is 18.2 Å². The normalized spacial score (nSPS) is 17.1. The average molecular weight is 500 g/mol. The van der Waals surface area contributed by atoms with E-state index in [1.807, 2.05) is 12.3 Å². The maximum absolute atomic E-state index is 12.7. The van der Waals surface area contributed by atoms with Gasteiger partial charge in [0.1, 0.15) is 0 Å². The maximum atomic E-state index is 12.7. The molecule has 1 fully saturated rings. The SMILES string of the molecule is CCN(C(=O)COC(=O)c1cc([N+](=O)[O-])ccc1Sc1nc(C)cs1)[C@H]1CCS(=O)(=O)C1. The summed E-state index contributed by atoms with van der Waals surface area (Å²) in [5.74, 6) is -1.49. The first-order valence-electron chi connectivity index (χ1n) is 9.65. The van der Waals surface area contributed by atoms with Gasteiger partial charge in [-0.15, -0.1) is 11.3 Å². The number of carbonyl (C=O) groups excluding carboxylic acids is 2. The number of esters is 1. The molecule has 1 aliphatic heterocycles. The number of nitrogens with zero attached hydrogens (tertiary/aromatic N) is 3. The van der Waals surface area contributed by atoms with Crippen LogP contribution in [-0.2, 0) is 19.4 Å². The number of rotatable bonds is 8. The molecule has 0 spiro atoms. The first-order valence-corrected chi connectivity index (χ1v) is 13.2. The third kappa shape index (κ3) is 5.84. The number of aromatic nitrogens is 1. The third-order valence-electron chi connectivity index (χ3n) is 4.83. The van der Waals surface area contributed by atoms with Gasteiger partial charge in [-0.1, -0.05) is 11.8 Å². The molecule has 0 N–H and O–H groups in total. The molecule has 0 unspecified atom stereocenters. The Labute approximate surface area is 193 Å². The molecule has 10 nitrogen and oxygen atoms in total. The highest BCUT2D eigenvalue weighted by atomic mass is 32.2. The van der Waals surface area contributed by atoms with Crippen LogP contribution in [0.1, 0.15) is 29.4 Å². The topological polar surface area (TPSA) is 137 Å². The number of nitro benzene ring substituents is 1. The second kappa shape index (κ2) is 9.96. The molecule has 1 aliphatic rings. The lowest BCUT2D eigenvalue weighted by Gasteiger charge is -2.26. The van der Waals surface area contributed by atoms with Gasteiger partial charge < -0.3 is 9.64 Å². The van der Waals surface area contributed by atoms with Gasteiger partial charge in [0.15, 0.2) is 20.8 Å². The van der Waals surface area contributed by atoms with Crippen molar-refractivity contribution in [3.63, 3.8) is 0 Å². The van der Waals surface area contributed by atoms with Crippen molar-refractivity contribution < 1.29 is 27.7 Å². The van der Waals surface area contributed by atoms with Gasteiger partial charge in [0.2, 0.25) is 0 Å². The molecule has 32 heavy (non-hydrogen) atoms. The third-order valence-corrected chi connectivity index (χ3v) is 8.71. The van der Waals surface area contributed by atoms with E-state index in [1.165, 1.54) is 40.1 Å². The smallest absolute Gasteiger partial charge is 0.340 e. The fourth-order valence-corrected chi connectivity index (χ4v) is 6.92. The number of hydrogen-bond acceptors (Lipinski definition) is 10. The number of benzene rings is 1. The van der Waals surface area contributed by atoms with Crippen LogP contribution in [0.3, 0.4) is 0 Å². The van der Waals surface area contributed by atoms with E-state index in [4.69, 9.17) is 4.74 Å². The number of carbonyl (C=O) groups is 2. The molecule has 1 aromatic carbocycles. The van der Waals surface area contributed by atoms with Crippen LogP contribution in [0.25, 0.3) is 0 Å². The fraction of sp³-hybridized carbons (Fsp3) is 0.421. The van der Waals surface area contributed by atoms with Gasteiger partial charge >= 0.3 is 5.97 Å². The Hall–Kier alpha value is -2.51. The molecule has 0 bridgehead atoms. The maximum Gasteiger partial charge on any atom is 0.340 e. The summed E-state index contributed by atoms with van der Waals surface area (Å²) in [7, 11) is -3.18. The molecule has 0 saturated carbocycles. The summed E-state index contributed by atoms with van der Waals surface area (Å²) in [6, 6.07) is 3.38. The lowest BCUT2D eigenvalue weighted by atomic mass is 10.2. The summed E-state index contributed by atoms with van der Waals surface area (Å²) in [6.07, 6.45) is 0.342. The molecule has 2 heterocycles. The highest BCUT2D eigenvalue weighted by Gasteiger charge is 2.34. The molecule has 1 saturated heterocycles. The molecular formula is C19H21N3O7S3. The Kier molecular flexibility index (Phi) is 7.51. The number of nitro groups is 1. The zero-order valence-corrected chi connectivity index (χ0v) is 19.8.